The lowest BCUT2D eigenvalue weighted by atomic mass is 10.0. The van der Waals surface area contributed by atoms with Crippen LogP contribution in [-0.4, -0.2) is 41.4 Å². The summed E-state index contributed by atoms with van der Waals surface area (Å²) in [5.41, 5.74) is 2.30. The number of benzene rings is 1. The summed E-state index contributed by atoms with van der Waals surface area (Å²) >= 11 is 0. The van der Waals surface area contributed by atoms with E-state index in [-0.39, 0.29) is 0 Å². The number of pyridine rings is 1. The Morgan fingerprint density at radius 3 is 2.56 bits per heavy atom. The highest BCUT2D eigenvalue weighted by Crippen LogP contribution is 2.33. The number of hydrogen-bond acceptors (Lipinski definition) is 6. The fraction of sp³-hybridized carbons (Fsp3) is 0.435. The molecule has 2 aromatic heterocycles. The van der Waals surface area contributed by atoms with Gasteiger partial charge in [0, 0.05) is 24.5 Å². The first kappa shape index (κ1) is 22.3. The van der Waals surface area contributed by atoms with Crippen LogP contribution >= 0.6 is 0 Å². The number of piperidine rings is 1. The molecule has 0 spiro atoms. The zero-order chi connectivity index (χ0) is 22.9. The molecule has 1 fully saturated rings. The van der Waals surface area contributed by atoms with E-state index >= 15 is 0 Å². The van der Waals surface area contributed by atoms with Crippen LogP contribution in [0.15, 0.2) is 36.5 Å². The average Bonchev–Trinajstić information content (AvgIpc) is 2.80. The summed E-state index contributed by atoms with van der Waals surface area (Å²) in [6, 6.07) is 7.51. The maximum atomic E-state index is 13.1. The lowest BCUT2D eigenvalue weighted by Gasteiger charge is -2.33. The third-order valence-electron chi connectivity index (χ3n) is 6.11. The van der Waals surface area contributed by atoms with Gasteiger partial charge in [0.1, 0.15) is 0 Å². The quantitative estimate of drug-likeness (QED) is 0.594. The Hall–Kier alpha value is -2.94. The molecular weight excluding hydrogens is 417 g/mol. The predicted molar refractivity (Wildman–Crippen MR) is 120 cm³/mol. The summed E-state index contributed by atoms with van der Waals surface area (Å²) in [6.07, 6.45) is -0.415. The molecule has 6 nitrogen and oxygen atoms in total. The molecule has 2 N–H and O–H groups in total. The van der Waals surface area contributed by atoms with Crippen LogP contribution in [0.1, 0.15) is 42.6 Å². The molecule has 0 radical (unpaired) electrons. The molecule has 0 aliphatic carbocycles. The third-order valence-corrected chi connectivity index (χ3v) is 6.11. The van der Waals surface area contributed by atoms with Crippen LogP contribution in [0.5, 0.6) is 0 Å². The number of halogens is 3. The zero-order valence-corrected chi connectivity index (χ0v) is 18.4. The number of aromatic nitrogens is 3. The van der Waals surface area contributed by atoms with Crippen LogP contribution < -0.4 is 15.5 Å². The molecule has 0 unspecified atom stereocenters. The monoisotopic (exact) mass is 444 g/mol. The summed E-state index contributed by atoms with van der Waals surface area (Å²) in [5.74, 6) is 0.509. The molecule has 3 aromatic rings. The first-order valence-electron chi connectivity index (χ1n) is 10.7. The molecular formula is C23H27F3N6. The van der Waals surface area contributed by atoms with Crippen LogP contribution in [0.25, 0.3) is 10.9 Å². The van der Waals surface area contributed by atoms with E-state index in [0.29, 0.717) is 23.1 Å². The summed E-state index contributed by atoms with van der Waals surface area (Å²) in [7, 11) is 1.99. The van der Waals surface area contributed by atoms with E-state index < -0.39 is 17.8 Å². The van der Waals surface area contributed by atoms with E-state index in [4.69, 9.17) is 0 Å². The Labute approximate surface area is 185 Å². The molecule has 32 heavy (non-hydrogen) atoms. The lowest BCUT2D eigenvalue weighted by Crippen LogP contribution is -2.41. The maximum absolute atomic E-state index is 13.1. The number of fused-ring (bicyclic) bond motifs is 1. The SMILES string of the molecule is CNC1CCN(c2cnc3c(C)nnc(N[C@H](C)c4cccc(C(F)(F)F)c4)c3c2)CC1. The van der Waals surface area contributed by atoms with Crippen LogP contribution in [0.4, 0.5) is 24.7 Å². The van der Waals surface area contributed by atoms with Crippen molar-refractivity contribution in [3.05, 3.63) is 53.3 Å². The minimum absolute atomic E-state index is 0.396. The Morgan fingerprint density at radius 2 is 1.88 bits per heavy atom. The Morgan fingerprint density at radius 1 is 1.12 bits per heavy atom. The van der Waals surface area contributed by atoms with Gasteiger partial charge in [-0.25, -0.2) is 0 Å². The molecule has 4 rings (SSSR count). The Balaban J connectivity index is 1.63. The lowest BCUT2D eigenvalue weighted by molar-refractivity contribution is -0.137. The van der Waals surface area contributed by atoms with Crippen LogP contribution in [0.2, 0.25) is 0 Å². The van der Waals surface area contributed by atoms with Gasteiger partial charge in [-0.15, -0.1) is 5.10 Å². The van der Waals surface area contributed by atoms with E-state index in [0.717, 1.165) is 54.7 Å². The second-order valence-corrected chi connectivity index (χ2v) is 8.26. The summed E-state index contributed by atoms with van der Waals surface area (Å²) < 4.78 is 39.4. The highest BCUT2D eigenvalue weighted by atomic mass is 19.4. The summed E-state index contributed by atoms with van der Waals surface area (Å²) in [5, 5.41) is 15.9. The van der Waals surface area contributed by atoms with Gasteiger partial charge in [0.2, 0.25) is 0 Å². The minimum Gasteiger partial charge on any atom is -0.370 e. The van der Waals surface area contributed by atoms with E-state index in [1.165, 1.54) is 6.07 Å². The number of nitrogens with zero attached hydrogens (tertiary/aromatic N) is 4. The number of rotatable bonds is 5. The highest BCUT2D eigenvalue weighted by molar-refractivity contribution is 5.92. The van der Waals surface area contributed by atoms with Crippen molar-refractivity contribution in [2.24, 2.45) is 0 Å². The summed E-state index contributed by atoms with van der Waals surface area (Å²) in [6.45, 7) is 5.52. The smallest absolute Gasteiger partial charge is 0.370 e. The number of anilines is 2. The topological polar surface area (TPSA) is 66.0 Å². The molecule has 170 valence electrons. The normalized spacial score (nSPS) is 16.4. The molecule has 9 heteroatoms. The molecule has 0 bridgehead atoms. The van der Waals surface area contributed by atoms with Crippen molar-refractivity contribution in [3.63, 3.8) is 0 Å². The van der Waals surface area contributed by atoms with Crippen molar-refractivity contribution in [1.29, 1.82) is 0 Å². The van der Waals surface area contributed by atoms with Gasteiger partial charge in [0.15, 0.2) is 5.82 Å². The molecule has 1 aliphatic rings. The van der Waals surface area contributed by atoms with Crippen LogP contribution in [0.3, 0.4) is 0 Å². The van der Waals surface area contributed by atoms with Gasteiger partial charge in [-0.1, -0.05) is 12.1 Å². The fourth-order valence-corrected chi connectivity index (χ4v) is 4.13. The Bertz CT molecular complexity index is 1090. The molecule has 0 saturated carbocycles. The molecule has 1 atom stereocenters. The van der Waals surface area contributed by atoms with E-state index in [2.05, 4.69) is 30.7 Å². The van der Waals surface area contributed by atoms with Gasteiger partial charge in [-0.2, -0.15) is 18.3 Å². The van der Waals surface area contributed by atoms with Gasteiger partial charge in [0.25, 0.3) is 0 Å². The molecule has 1 saturated heterocycles. The fourth-order valence-electron chi connectivity index (χ4n) is 4.13. The molecule has 1 aliphatic heterocycles. The number of aryl methyl sites for hydroxylation is 1. The van der Waals surface area contributed by atoms with Gasteiger partial charge in [-0.3, -0.25) is 4.98 Å². The van der Waals surface area contributed by atoms with Crippen molar-refractivity contribution in [3.8, 4) is 0 Å². The van der Waals surface area contributed by atoms with Gasteiger partial charge in [-0.05, 0) is 57.5 Å². The molecule has 1 aromatic carbocycles. The maximum Gasteiger partial charge on any atom is 0.416 e. The van der Waals surface area contributed by atoms with E-state index in [1.807, 2.05) is 33.2 Å². The van der Waals surface area contributed by atoms with E-state index in [1.54, 1.807) is 6.07 Å². The Kier molecular flexibility index (Phi) is 6.19. The predicted octanol–water partition coefficient (Wildman–Crippen LogP) is 4.71. The first-order valence-corrected chi connectivity index (χ1v) is 10.7. The second kappa shape index (κ2) is 8.90. The van der Waals surface area contributed by atoms with Crippen molar-refractivity contribution >= 4 is 22.4 Å². The highest BCUT2D eigenvalue weighted by Gasteiger charge is 2.30. The standard InChI is InChI=1S/C23H27F3N6/c1-14(16-5-4-6-17(11-16)23(24,25)26)29-22-20-12-19(13-28-21(20)15(2)30-31-22)32-9-7-18(27-3)8-10-32/h4-6,11-14,18,27H,7-10H2,1-3H3,(H,29,31)/t14-/m1/s1. The van der Waals surface area contributed by atoms with Crippen molar-refractivity contribution < 1.29 is 13.2 Å². The zero-order valence-electron chi connectivity index (χ0n) is 18.4. The van der Waals surface area contributed by atoms with Crippen molar-refractivity contribution in [1.82, 2.24) is 20.5 Å². The third kappa shape index (κ3) is 4.62. The number of nitrogens with one attached hydrogen (secondary N) is 2. The van der Waals surface area contributed by atoms with Gasteiger partial charge in [0.05, 0.1) is 34.7 Å². The van der Waals surface area contributed by atoms with Crippen molar-refractivity contribution in [2.75, 3.05) is 30.4 Å². The second-order valence-electron chi connectivity index (χ2n) is 8.26. The largest absolute Gasteiger partial charge is 0.416 e. The van der Waals surface area contributed by atoms with E-state index in [9.17, 15) is 13.2 Å². The van der Waals surface area contributed by atoms with Gasteiger partial charge < -0.3 is 15.5 Å². The first-order chi connectivity index (χ1) is 15.3. The van der Waals surface area contributed by atoms with Crippen LogP contribution in [-0.2, 0) is 6.18 Å². The van der Waals surface area contributed by atoms with Crippen molar-refractivity contribution in [2.45, 2.75) is 44.9 Å². The minimum atomic E-state index is -4.38. The van der Waals surface area contributed by atoms with Crippen LogP contribution in [0, 0.1) is 6.92 Å². The molecule has 3 heterocycles. The molecule has 0 amide bonds. The van der Waals surface area contributed by atoms with Gasteiger partial charge >= 0.3 is 6.18 Å². The number of hydrogen-bond donors (Lipinski definition) is 2. The number of alkyl halides is 3. The summed E-state index contributed by atoms with van der Waals surface area (Å²) in [4.78, 5) is 6.94. The average molecular weight is 445 g/mol.